The van der Waals surface area contributed by atoms with E-state index in [4.69, 9.17) is 4.74 Å². The minimum atomic E-state index is -3.89. The number of hydrogen-bond donors (Lipinski definition) is 0. The minimum Gasteiger partial charge on any atom is -0.492 e. The number of aliphatic imine (C=N–C) groups is 1. The van der Waals surface area contributed by atoms with Crippen molar-refractivity contribution in [2.45, 2.75) is 18.2 Å². The van der Waals surface area contributed by atoms with Gasteiger partial charge in [0, 0.05) is 24.4 Å². The molecule has 0 saturated heterocycles. The number of ether oxygens (including phenoxy) is 1. The summed E-state index contributed by atoms with van der Waals surface area (Å²) in [6, 6.07) is 6.56. The lowest BCUT2D eigenvalue weighted by molar-refractivity contribution is 0.0946. The summed E-state index contributed by atoms with van der Waals surface area (Å²) in [4.78, 5) is 17.3. The van der Waals surface area contributed by atoms with Gasteiger partial charge in [0.05, 0.1) is 17.7 Å². The zero-order valence-corrected chi connectivity index (χ0v) is 14.6. The lowest BCUT2D eigenvalue weighted by Crippen LogP contribution is -2.25. The van der Waals surface area contributed by atoms with Gasteiger partial charge in [0.15, 0.2) is 5.76 Å². The first kappa shape index (κ1) is 15.8. The highest BCUT2D eigenvalue weighted by Gasteiger charge is 2.36. The second-order valence-electron chi connectivity index (χ2n) is 6.05. The summed E-state index contributed by atoms with van der Waals surface area (Å²) in [7, 11) is -2.50. The third kappa shape index (κ3) is 2.26. The van der Waals surface area contributed by atoms with Crippen molar-refractivity contribution >= 4 is 21.5 Å². The van der Waals surface area contributed by atoms with Crippen molar-refractivity contribution < 1.29 is 17.9 Å². The molecule has 128 valence electrons. The van der Waals surface area contributed by atoms with Crippen molar-refractivity contribution in [2.24, 2.45) is 4.99 Å². The number of Topliss-reactive ketones (excluding diaryl/α,β-unsaturated/α-hetero) is 1. The number of ketones is 1. The second-order valence-corrected chi connectivity index (χ2v) is 7.87. The first-order valence-corrected chi connectivity index (χ1v) is 9.29. The average molecular weight is 356 g/mol. The van der Waals surface area contributed by atoms with Crippen LogP contribution in [0, 0.1) is 6.92 Å². The lowest BCUT2D eigenvalue weighted by Gasteiger charge is -2.19. The van der Waals surface area contributed by atoms with Crippen molar-refractivity contribution in [3.05, 3.63) is 64.7 Å². The second kappa shape index (κ2) is 5.42. The molecule has 0 N–H and O–H groups in total. The maximum Gasteiger partial charge on any atom is 0.268 e. The van der Waals surface area contributed by atoms with E-state index in [-0.39, 0.29) is 16.3 Å². The van der Waals surface area contributed by atoms with Gasteiger partial charge in [-0.2, -0.15) is 0 Å². The zero-order valence-electron chi connectivity index (χ0n) is 13.8. The third-order valence-corrected chi connectivity index (χ3v) is 6.15. The van der Waals surface area contributed by atoms with E-state index in [1.54, 1.807) is 36.5 Å². The van der Waals surface area contributed by atoms with Crippen LogP contribution in [0.15, 0.2) is 52.2 Å². The molecule has 6 nitrogen and oxygen atoms in total. The molecule has 2 aliphatic rings. The largest absolute Gasteiger partial charge is 0.492 e. The van der Waals surface area contributed by atoms with Crippen molar-refractivity contribution in [2.75, 3.05) is 13.7 Å². The summed E-state index contributed by atoms with van der Waals surface area (Å²) in [6.07, 6.45) is 3.72. The molecule has 0 amide bonds. The Morgan fingerprint density at radius 1 is 1.20 bits per heavy atom. The minimum absolute atomic E-state index is 0.0955. The molecule has 2 heterocycles. The fraction of sp³-hybridized carbons (Fsp3) is 0.222. The maximum absolute atomic E-state index is 13.1. The predicted octanol–water partition coefficient (Wildman–Crippen LogP) is 2.11. The molecule has 0 unspecified atom stereocenters. The first-order chi connectivity index (χ1) is 11.9. The Morgan fingerprint density at radius 2 is 1.92 bits per heavy atom. The van der Waals surface area contributed by atoms with Gasteiger partial charge in [-0.3, -0.25) is 9.79 Å². The van der Waals surface area contributed by atoms with Gasteiger partial charge in [-0.05, 0) is 31.0 Å². The van der Waals surface area contributed by atoms with Crippen molar-refractivity contribution in [3.8, 4) is 0 Å². The van der Waals surface area contributed by atoms with Gasteiger partial charge in [-0.25, -0.2) is 12.4 Å². The molecule has 0 atom stereocenters. The average Bonchev–Trinajstić information content (AvgIpc) is 3.00. The summed E-state index contributed by atoms with van der Waals surface area (Å²) in [6.45, 7) is 2.44. The van der Waals surface area contributed by atoms with Crippen LogP contribution in [0.3, 0.4) is 0 Å². The summed E-state index contributed by atoms with van der Waals surface area (Å²) >= 11 is 0. The Morgan fingerprint density at radius 3 is 2.60 bits per heavy atom. The van der Waals surface area contributed by atoms with Crippen LogP contribution in [0.5, 0.6) is 0 Å². The molecule has 0 saturated carbocycles. The van der Waals surface area contributed by atoms with E-state index in [1.807, 2.05) is 6.92 Å². The van der Waals surface area contributed by atoms with E-state index in [2.05, 4.69) is 4.99 Å². The van der Waals surface area contributed by atoms with E-state index < -0.39 is 15.8 Å². The molecule has 1 aromatic heterocycles. The van der Waals surface area contributed by atoms with E-state index >= 15 is 0 Å². The number of methoxy groups -OCH3 is 1. The van der Waals surface area contributed by atoms with Gasteiger partial charge in [0.1, 0.15) is 5.69 Å². The van der Waals surface area contributed by atoms with E-state index in [9.17, 15) is 13.2 Å². The lowest BCUT2D eigenvalue weighted by atomic mass is 9.93. The highest BCUT2D eigenvalue weighted by molar-refractivity contribution is 7.90. The Balaban J connectivity index is 1.97. The Hall–Kier alpha value is -2.67. The summed E-state index contributed by atoms with van der Waals surface area (Å²) < 4.78 is 32.5. The summed E-state index contributed by atoms with van der Waals surface area (Å²) in [5.41, 5.74) is 3.09. The molecule has 0 spiro atoms. The monoisotopic (exact) mass is 356 g/mol. The van der Waals surface area contributed by atoms with Gasteiger partial charge >= 0.3 is 0 Å². The van der Waals surface area contributed by atoms with Crippen LogP contribution >= 0.6 is 0 Å². The molecule has 0 radical (unpaired) electrons. The third-order valence-electron chi connectivity index (χ3n) is 4.48. The van der Waals surface area contributed by atoms with Crippen molar-refractivity contribution in [1.82, 2.24) is 3.97 Å². The number of aryl methyl sites for hydroxylation is 1. The number of carbonyl (C=O) groups is 1. The molecule has 1 aromatic carbocycles. The smallest absolute Gasteiger partial charge is 0.268 e. The predicted molar refractivity (Wildman–Crippen MR) is 92.7 cm³/mol. The number of aromatic nitrogens is 1. The SMILES string of the molecule is COC1=CC2=NCCc3cn(S(=O)(=O)c4ccc(C)cc4)c(c32)C1=O. The van der Waals surface area contributed by atoms with E-state index in [0.717, 1.165) is 15.1 Å². The molecule has 0 fully saturated rings. The van der Waals surface area contributed by atoms with Crippen LogP contribution in [-0.4, -0.2) is 37.5 Å². The normalized spacial score (nSPS) is 16.2. The molecule has 4 rings (SSSR count). The summed E-state index contributed by atoms with van der Waals surface area (Å²) in [5, 5.41) is 0. The Kier molecular flexibility index (Phi) is 3.43. The molecule has 0 bridgehead atoms. The molecule has 2 aromatic rings. The highest BCUT2D eigenvalue weighted by Crippen LogP contribution is 2.32. The van der Waals surface area contributed by atoms with Crippen LogP contribution in [0.25, 0.3) is 0 Å². The maximum atomic E-state index is 13.1. The number of rotatable bonds is 3. The quantitative estimate of drug-likeness (QED) is 0.844. The molecule has 25 heavy (non-hydrogen) atoms. The standard InChI is InChI=1S/C18H16N2O4S/c1-11-3-5-13(6-4-11)25(22,23)20-10-12-7-8-19-14-9-15(24-2)18(21)17(20)16(12)14/h3-6,9-10H,7-8H2,1-2H3. The van der Waals surface area contributed by atoms with E-state index in [1.165, 1.54) is 7.11 Å². The summed E-state index contributed by atoms with van der Waals surface area (Å²) in [5.74, 6) is -0.349. The van der Waals surface area contributed by atoms with Crippen LogP contribution in [0.2, 0.25) is 0 Å². The topological polar surface area (TPSA) is 77.7 Å². The molecule has 1 aliphatic heterocycles. The number of carbonyl (C=O) groups excluding carboxylic acids is 1. The van der Waals surface area contributed by atoms with Gasteiger partial charge in [-0.1, -0.05) is 17.7 Å². The highest BCUT2D eigenvalue weighted by atomic mass is 32.2. The Bertz CT molecular complexity index is 1060. The van der Waals surface area contributed by atoms with Crippen LogP contribution < -0.4 is 0 Å². The van der Waals surface area contributed by atoms with Gasteiger partial charge < -0.3 is 4.74 Å². The number of hydrogen-bond acceptors (Lipinski definition) is 5. The molecule has 7 heteroatoms. The van der Waals surface area contributed by atoms with E-state index in [0.29, 0.717) is 24.2 Å². The van der Waals surface area contributed by atoms with Crippen molar-refractivity contribution in [1.29, 1.82) is 0 Å². The van der Waals surface area contributed by atoms with Crippen molar-refractivity contribution in [3.63, 3.8) is 0 Å². The number of benzene rings is 1. The van der Waals surface area contributed by atoms with Crippen LogP contribution in [-0.2, 0) is 21.2 Å². The fourth-order valence-corrected chi connectivity index (χ4v) is 4.57. The van der Waals surface area contributed by atoms with Gasteiger partial charge in [-0.15, -0.1) is 0 Å². The fourth-order valence-electron chi connectivity index (χ4n) is 3.19. The molecule has 1 aliphatic carbocycles. The van der Waals surface area contributed by atoms with Gasteiger partial charge in [0.2, 0.25) is 5.78 Å². The first-order valence-electron chi connectivity index (χ1n) is 7.85. The number of nitrogens with zero attached hydrogens (tertiary/aromatic N) is 2. The van der Waals surface area contributed by atoms with Crippen LogP contribution in [0.4, 0.5) is 0 Å². The number of allylic oxidation sites excluding steroid dienone is 2. The molecular formula is C18H16N2O4S. The molecular weight excluding hydrogens is 340 g/mol. The zero-order chi connectivity index (χ0) is 17.8. The Labute approximate surface area is 145 Å². The van der Waals surface area contributed by atoms with Gasteiger partial charge in [0.25, 0.3) is 10.0 Å². The van der Waals surface area contributed by atoms with Crippen LogP contribution in [0.1, 0.15) is 27.2 Å².